The third kappa shape index (κ3) is 7.68. The molecule has 1 fully saturated rings. The highest BCUT2D eigenvalue weighted by molar-refractivity contribution is 5.79. The lowest BCUT2D eigenvalue weighted by Gasteiger charge is -2.24. The zero-order chi connectivity index (χ0) is 20.2. The maximum absolute atomic E-state index is 5.88. The molecule has 1 aliphatic rings. The SMILES string of the molecule is CCNC(=NCc1ccc(C)cc1OCCOC)NCCN(C)C1CCCC1. The molecular formula is C22H38N4O2. The Balaban J connectivity index is 1.90. The topological polar surface area (TPSA) is 58.1 Å². The van der Waals surface area contributed by atoms with Crippen molar-refractivity contribution in [3.05, 3.63) is 29.3 Å². The Morgan fingerprint density at radius 1 is 1.21 bits per heavy atom. The van der Waals surface area contributed by atoms with Gasteiger partial charge in [-0.05, 0) is 45.4 Å². The van der Waals surface area contributed by atoms with Crippen molar-refractivity contribution in [2.24, 2.45) is 4.99 Å². The van der Waals surface area contributed by atoms with Gasteiger partial charge in [0.25, 0.3) is 0 Å². The van der Waals surface area contributed by atoms with Crippen LogP contribution in [-0.4, -0.2) is 63.9 Å². The molecule has 0 spiro atoms. The largest absolute Gasteiger partial charge is 0.491 e. The number of hydrogen-bond donors (Lipinski definition) is 2. The highest BCUT2D eigenvalue weighted by Gasteiger charge is 2.18. The molecule has 0 atom stereocenters. The third-order valence-corrected chi connectivity index (χ3v) is 5.22. The van der Waals surface area contributed by atoms with E-state index in [1.807, 2.05) is 0 Å². The number of aliphatic imine (C=N–C) groups is 1. The summed E-state index contributed by atoms with van der Waals surface area (Å²) in [6.07, 6.45) is 5.42. The molecule has 1 aromatic rings. The Morgan fingerprint density at radius 2 is 2.00 bits per heavy atom. The van der Waals surface area contributed by atoms with E-state index in [2.05, 4.69) is 54.6 Å². The summed E-state index contributed by atoms with van der Waals surface area (Å²) >= 11 is 0. The fourth-order valence-electron chi connectivity index (χ4n) is 3.55. The number of aryl methyl sites for hydroxylation is 1. The average molecular weight is 391 g/mol. The molecule has 158 valence electrons. The molecule has 1 saturated carbocycles. The van der Waals surface area contributed by atoms with E-state index >= 15 is 0 Å². The molecule has 2 rings (SSSR count). The molecule has 0 radical (unpaired) electrons. The molecule has 2 N–H and O–H groups in total. The number of nitrogens with one attached hydrogen (secondary N) is 2. The average Bonchev–Trinajstić information content (AvgIpc) is 3.22. The number of guanidine groups is 1. The van der Waals surface area contributed by atoms with Crippen molar-refractivity contribution in [2.45, 2.75) is 52.1 Å². The van der Waals surface area contributed by atoms with E-state index in [0.717, 1.165) is 42.9 Å². The van der Waals surface area contributed by atoms with Crippen LogP contribution in [0.3, 0.4) is 0 Å². The maximum atomic E-state index is 5.88. The Labute approximate surface area is 170 Å². The minimum Gasteiger partial charge on any atom is -0.491 e. The van der Waals surface area contributed by atoms with Gasteiger partial charge >= 0.3 is 0 Å². The summed E-state index contributed by atoms with van der Waals surface area (Å²) in [5, 5.41) is 6.80. The van der Waals surface area contributed by atoms with Crippen LogP contribution < -0.4 is 15.4 Å². The van der Waals surface area contributed by atoms with Crippen LogP contribution in [0.25, 0.3) is 0 Å². The molecule has 0 aliphatic heterocycles. The quantitative estimate of drug-likeness (QED) is 0.346. The lowest BCUT2D eigenvalue weighted by Crippen LogP contribution is -2.42. The van der Waals surface area contributed by atoms with Crippen molar-refractivity contribution in [1.82, 2.24) is 15.5 Å². The van der Waals surface area contributed by atoms with Crippen LogP contribution in [0.2, 0.25) is 0 Å². The first-order valence-corrected chi connectivity index (χ1v) is 10.6. The second kappa shape index (κ2) is 12.6. The van der Waals surface area contributed by atoms with Gasteiger partial charge in [-0.15, -0.1) is 0 Å². The number of nitrogens with zero attached hydrogens (tertiary/aromatic N) is 2. The van der Waals surface area contributed by atoms with Crippen molar-refractivity contribution < 1.29 is 9.47 Å². The monoisotopic (exact) mass is 390 g/mol. The van der Waals surface area contributed by atoms with E-state index in [9.17, 15) is 0 Å². The maximum Gasteiger partial charge on any atom is 0.191 e. The summed E-state index contributed by atoms with van der Waals surface area (Å²) in [7, 11) is 3.92. The Kier molecular flexibility index (Phi) is 10.1. The van der Waals surface area contributed by atoms with Crippen LogP contribution in [-0.2, 0) is 11.3 Å². The number of methoxy groups -OCH3 is 1. The number of benzene rings is 1. The van der Waals surface area contributed by atoms with Gasteiger partial charge in [0.1, 0.15) is 12.4 Å². The van der Waals surface area contributed by atoms with Crippen LogP contribution >= 0.6 is 0 Å². The molecule has 0 amide bonds. The summed E-state index contributed by atoms with van der Waals surface area (Å²) in [4.78, 5) is 7.24. The van der Waals surface area contributed by atoms with Gasteiger partial charge < -0.3 is 25.0 Å². The van der Waals surface area contributed by atoms with Crippen LogP contribution in [0.15, 0.2) is 23.2 Å². The van der Waals surface area contributed by atoms with Gasteiger partial charge in [-0.2, -0.15) is 0 Å². The normalized spacial score (nSPS) is 15.2. The summed E-state index contributed by atoms with van der Waals surface area (Å²) in [6, 6.07) is 7.02. The summed E-state index contributed by atoms with van der Waals surface area (Å²) < 4.78 is 11.0. The predicted molar refractivity (Wildman–Crippen MR) is 116 cm³/mol. The fourth-order valence-corrected chi connectivity index (χ4v) is 3.55. The summed E-state index contributed by atoms with van der Waals surface area (Å²) in [5.74, 6) is 1.74. The minimum absolute atomic E-state index is 0.544. The highest BCUT2D eigenvalue weighted by Crippen LogP contribution is 2.22. The molecule has 1 aromatic carbocycles. The molecule has 0 heterocycles. The minimum atomic E-state index is 0.544. The molecule has 28 heavy (non-hydrogen) atoms. The molecule has 1 aliphatic carbocycles. The first-order chi connectivity index (χ1) is 13.6. The molecule has 0 saturated heterocycles. The van der Waals surface area contributed by atoms with E-state index in [4.69, 9.17) is 14.5 Å². The van der Waals surface area contributed by atoms with Crippen molar-refractivity contribution in [2.75, 3.05) is 47.0 Å². The molecule has 6 nitrogen and oxygen atoms in total. The van der Waals surface area contributed by atoms with E-state index in [1.165, 1.54) is 31.2 Å². The Bertz CT molecular complexity index is 600. The summed E-state index contributed by atoms with van der Waals surface area (Å²) in [5.41, 5.74) is 2.27. The predicted octanol–water partition coefficient (Wildman–Crippen LogP) is 2.95. The molecule has 0 bridgehead atoms. The van der Waals surface area contributed by atoms with Crippen LogP contribution in [0.4, 0.5) is 0 Å². The lowest BCUT2D eigenvalue weighted by atomic mass is 10.1. The van der Waals surface area contributed by atoms with Crippen molar-refractivity contribution in [1.29, 1.82) is 0 Å². The zero-order valence-electron chi connectivity index (χ0n) is 18.1. The van der Waals surface area contributed by atoms with E-state index in [-0.39, 0.29) is 0 Å². The molecule has 6 heteroatoms. The van der Waals surface area contributed by atoms with Gasteiger partial charge in [-0.1, -0.05) is 25.0 Å². The van der Waals surface area contributed by atoms with Crippen LogP contribution in [0.5, 0.6) is 5.75 Å². The van der Waals surface area contributed by atoms with Gasteiger partial charge in [-0.25, -0.2) is 4.99 Å². The molecule has 0 aromatic heterocycles. The number of rotatable bonds is 11. The van der Waals surface area contributed by atoms with Gasteiger partial charge in [0.2, 0.25) is 0 Å². The Morgan fingerprint density at radius 3 is 2.71 bits per heavy atom. The fraction of sp³-hybridized carbons (Fsp3) is 0.682. The van der Waals surface area contributed by atoms with Crippen LogP contribution in [0.1, 0.15) is 43.7 Å². The summed E-state index contributed by atoms with van der Waals surface area (Å²) in [6.45, 7) is 8.63. The number of hydrogen-bond acceptors (Lipinski definition) is 4. The first kappa shape index (κ1) is 22.5. The van der Waals surface area contributed by atoms with Gasteiger partial charge in [0.05, 0.1) is 13.2 Å². The number of likely N-dealkylation sites (N-methyl/N-ethyl adjacent to an activating group) is 1. The molecule has 0 unspecified atom stereocenters. The standard InChI is InChI=1S/C22H38N4O2/c1-5-23-22(24-12-13-26(3)20-8-6-7-9-20)25-17-19-11-10-18(2)16-21(19)28-15-14-27-4/h10-11,16,20H,5-9,12-15,17H2,1-4H3,(H2,23,24,25). The van der Waals surface area contributed by atoms with Crippen LogP contribution in [0, 0.1) is 6.92 Å². The van der Waals surface area contributed by atoms with E-state index in [0.29, 0.717) is 19.8 Å². The van der Waals surface area contributed by atoms with E-state index in [1.54, 1.807) is 7.11 Å². The van der Waals surface area contributed by atoms with Gasteiger partial charge in [0.15, 0.2) is 5.96 Å². The van der Waals surface area contributed by atoms with Gasteiger partial charge in [-0.3, -0.25) is 0 Å². The smallest absolute Gasteiger partial charge is 0.191 e. The Hall–Kier alpha value is -1.79. The second-order valence-corrected chi connectivity index (χ2v) is 7.49. The van der Waals surface area contributed by atoms with Gasteiger partial charge in [0, 0.05) is 38.3 Å². The third-order valence-electron chi connectivity index (χ3n) is 5.22. The zero-order valence-corrected chi connectivity index (χ0v) is 18.1. The lowest BCUT2D eigenvalue weighted by molar-refractivity contribution is 0.145. The van der Waals surface area contributed by atoms with Crippen molar-refractivity contribution in [3.8, 4) is 5.75 Å². The van der Waals surface area contributed by atoms with Crippen molar-refractivity contribution >= 4 is 5.96 Å². The van der Waals surface area contributed by atoms with Crippen molar-refractivity contribution in [3.63, 3.8) is 0 Å². The molecular weight excluding hydrogens is 352 g/mol. The number of ether oxygens (including phenoxy) is 2. The first-order valence-electron chi connectivity index (χ1n) is 10.6. The second-order valence-electron chi connectivity index (χ2n) is 7.49. The van der Waals surface area contributed by atoms with E-state index < -0.39 is 0 Å². The highest BCUT2D eigenvalue weighted by atomic mass is 16.5.